The molecule has 0 bridgehead atoms. The molecule has 2 aromatic rings. The number of thioether (sulfide) groups is 1. The highest BCUT2D eigenvalue weighted by molar-refractivity contribution is 8.27. The Hall–Kier alpha value is -2.44. The van der Waals surface area contributed by atoms with E-state index >= 15 is 0 Å². The van der Waals surface area contributed by atoms with E-state index in [1.165, 1.54) is 17.3 Å². The van der Waals surface area contributed by atoms with Crippen molar-refractivity contribution < 1.29 is 9.59 Å². The molecule has 1 N–H and O–H groups in total. The second-order valence-corrected chi connectivity index (χ2v) is 10.8. The van der Waals surface area contributed by atoms with Gasteiger partial charge in [0.05, 0.1) is 16.2 Å². The summed E-state index contributed by atoms with van der Waals surface area (Å²) in [4.78, 5) is 28.6. The van der Waals surface area contributed by atoms with Gasteiger partial charge in [0.15, 0.2) is 0 Å². The maximum Gasteiger partial charge on any atom is 0.264 e. The van der Waals surface area contributed by atoms with Crippen molar-refractivity contribution in [1.29, 1.82) is 0 Å². The van der Waals surface area contributed by atoms with Gasteiger partial charge in [0.25, 0.3) is 11.8 Å². The van der Waals surface area contributed by atoms with Crippen molar-refractivity contribution in [3.05, 3.63) is 69.6 Å². The molecule has 30 heavy (non-hydrogen) atoms. The van der Waals surface area contributed by atoms with E-state index in [0.29, 0.717) is 14.8 Å². The third-order valence-corrected chi connectivity index (χ3v) is 7.64. The summed E-state index contributed by atoms with van der Waals surface area (Å²) in [6.45, 7) is 8.53. The van der Waals surface area contributed by atoms with E-state index in [1.54, 1.807) is 0 Å². The topological polar surface area (TPSA) is 49.4 Å². The zero-order chi connectivity index (χ0) is 21.4. The lowest BCUT2D eigenvalue weighted by molar-refractivity contribution is -0.116. The number of hydrogen-bond donors (Lipinski definition) is 1. The van der Waals surface area contributed by atoms with Gasteiger partial charge in [-0.05, 0) is 44.4 Å². The number of amides is 2. The second kappa shape index (κ2) is 6.28. The summed E-state index contributed by atoms with van der Waals surface area (Å²) >= 11 is 6.37. The van der Waals surface area contributed by atoms with Gasteiger partial charge >= 0.3 is 0 Å². The molecule has 3 aliphatic rings. The average molecular weight is 435 g/mol. The van der Waals surface area contributed by atoms with E-state index in [9.17, 15) is 9.59 Å². The molecule has 5 rings (SSSR count). The Bertz CT molecular complexity index is 1180. The fourth-order valence-electron chi connectivity index (χ4n) is 5.34. The largest absolute Gasteiger partial charge is 0.307 e. The fourth-order valence-corrected chi connectivity index (χ4v) is 6.45. The van der Waals surface area contributed by atoms with Crippen molar-refractivity contribution in [2.75, 3.05) is 4.90 Å². The molecule has 0 aliphatic carbocycles. The first-order valence-corrected chi connectivity index (χ1v) is 11.2. The van der Waals surface area contributed by atoms with Gasteiger partial charge in [-0.15, -0.1) is 0 Å². The normalized spacial score (nSPS) is 26.8. The highest BCUT2D eigenvalue weighted by Crippen LogP contribution is 2.57. The monoisotopic (exact) mass is 434 g/mol. The number of aryl methyl sites for hydroxylation is 1. The molecule has 6 heteroatoms. The number of benzene rings is 2. The predicted octanol–water partition coefficient (Wildman–Crippen LogP) is 4.69. The predicted molar refractivity (Wildman–Crippen MR) is 126 cm³/mol. The van der Waals surface area contributed by atoms with Gasteiger partial charge in [-0.3, -0.25) is 9.59 Å². The summed E-state index contributed by atoms with van der Waals surface area (Å²) in [5, 5.41) is 2.66. The number of carbonyl (C=O) groups is 2. The van der Waals surface area contributed by atoms with Crippen molar-refractivity contribution in [3.8, 4) is 0 Å². The van der Waals surface area contributed by atoms with Crippen LogP contribution in [0.4, 0.5) is 5.69 Å². The van der Waals surface area contributed by atoms with Crippen LogP contribution in [0.2, 0.25) is 0 Å². The SMILES string of the molecule is Cc1cc2c3c(c1)[C@](C)(c1ccccc1)CC(C)(C)N3C(=O)/C2=C1/SC(=S)NC1=O. The van der Waals surface area contributed by atoms with Crippen LogP contribution < -0.4 is 10.2 Å². The number of nitrogens with zero attached hydrogens (tertiary/aromatic N) is 1. The van der Waals surface area contributed by atoms with Crippen LogP contribution in [-0.2, 0) is 15.0 Å². The summed E-state index contributed by atoms with van der Waals surface area (Å²) < 4.78 is 0.395. The first-order chi connectivity index (χ1) is 14.1. The minimum Gasteiger partial charge on any atom is -0.307 e. The maximum absolute atomic E-state index is 13.7. The Morgan fingerprint density at radius 2 is 1.80 bits per heavy atom. The van der Waals surface area contributed by atoms with Gasteiger partial charge in [0.2, 0.25) is 0 Å². The standard InChI is InChI=1S/C24H22N2O2S2/c1-13-10-15-17(19-20(27)25-22(29)30-19)21(28)26-18(15)16(11-13)24(4,12-23(26,2)3)14-8-6-5-7-9-14/h5-11H,12H2,1-4H3,(H,25,27,29)/b19-17+/t24-/m0/s1. The highest BCUT2D eigenvalue weighted by Gasteiger charge is 2.53. The molecular weight excluding hydrogens is 412 g/mol. The average Bonchev–Trinajstić information content (AvgIpc) is 3.15. The van der Waals surface area contributed by atoms with Crippen molar-refractivity contribution >= 4 is 51.4 Å². The van der Waals surface area contributed by atoms with Crippen molar-refractivity contribution in [2.45, 2.75) is 45.1 Å². The maximum atomic E-state index is 13.7. The molecule has 1 atom stereocenters. The minimum absolute atomic E-state index is 0.112. The van der Waals surface area contributed by atoms with E-state index < -0.39 is 5.54 Å². The number of carbonyl (C=O) groups excluding carboxylic acids is 2. The number of rotatable bonds is 1. The van der Waals surface area contributed by atoms with E-state index in [1.807, 2.05) is 24.0 Å². The lowest BCUT2D eigenvalue weighted by Crippen LogP contribution is -2.54. The smallest absolute Gasteiger partial charge is 0.264 e. The summed E-state index contributed by atoms with van der Waals surface area (Å²) in [5.74, 6) is -0.397. The molecule has 2 aromatic carbocycles. The molecule has 0 saturated carbocycles. The lowest BCUT2D eigenvalue weighted by atomic mass is 9.65. The minimum atomic E-state index is -0.415. The summed E-state index contributed by atoms with van der Waals surface area (Å²) in [7, 11) is 0. The Morgan fingerprint density at radius 1 is 1.10 bits per heavy atom. The molecule has 1 saturated heterocycles. The molecule has 0 unspecified atom stereocenters. The zero-order valence-electron chi connectivity index (χ0n) is 17.3. The summed E-state index contributed by atoms with van der Waals surface area (Å²) in [6, 6.07) is 14.7. The molecule has 4 nitrogen and oxygen atoms in total. The number of nitrogens with one attached hydrogen (secondary N) is 1. The quantitative estimate of drug-likeness (QED) is 0.523. The van der Waals surface area contributed by atoms with Gasteiger partial charge < -0.3 is 10.2 Å². The van der Waals surface area contributed by atoms with Crippen molar-refractivity contribution in [3.63, 3.8) is 0 Å². The number of thiocarbonyl (C=S) groups is 1. The van der Waals surface area contributed by atoms with Crippen LogP contribution >= 0.6 is 24.0 Å². The second-order valence-electron chi connectivity index (χ2n) is 9.08. The molecule has 0 aromatic heterocycles. The van der Waals surface area contributed by atoms with Crippen LogP contribution in [0.1, 0.15) is 49.4 Å². The van der Waals surface area contributed by atoms with Gasteiger partial charge in [0.1, 0.15) is 4.32 Å². The first-order valence-electron chi connectivity index (χ1n) is 9.96. The van der Waals surface area contributed by atoms with Crippen LogP contribution in [0.3, 0.4) is 0 Å². The van der Waals surface area contributed by atoms with Crippen LogP contribution in [0.15, 0.2) is 47.4 Å². The van der Waals surface area contributed by atoms with Gasteiger partial charge in [-0.2, -0.15) is 0 Å². The molecular formula is C24H22N2O2S2. The molecule has 3 heterocycles. The third kappa shape index (κ3) is 2.56. The molecule has 1 fully saturated rings. The Labute approximate surface area is 185 Å². The Kier molecular flexibility index (Phi) is 4.09. The fraction of sp³-hybridized carbons (Fsp3) is 0.292. The molecule has 2 amide bonds. The van der Waals surface area contributed by atoms with Gasteiger partial charge in [-0.25, -0.2) is 0 Å². The highest BCUT2D eigenvalue weighted by atomic mass is 32.2. The van der Waals surface area contributed by atoms with Crippen molar-refractivity contribution in [2.24, 2.45) is 0 Å². The summed E-state index contributed by atoms with van der Waals surface area (Å²) in [5.41, 5.74) is 5.02. The van der Waals surface area contributed by atoms with E-state index in [4.69, 9.17) is 12.2 Å². The number of hydrogen-bond acceptors (Lipinski definition) is 4. The van der Waals surface area contributed by atoms with Crippen molar-refractivity contribution in [1.82, 2.24) is 5.32 Å². The molecule has 152 valence electrons. The molecule has 0 spiro atoms. The molecule has 3 aliphatic heterocycles. The van der Waals surface area contributed by atoms with Gasteiger partial charge in [0, 0.05) is 16.5 Å². The van der Waals surface area contributed by atoms with Crippen LogP contribution in [0, 0.1) is 6.92 Å². The van der Waals surface area contributed by atoms with Crippen LogP contribution in [-0.4, -0.2) is 21.7 Å². The molecule has 0 radical (unpaired) electrons. The third-order valence-electron chi connectivity index (χ3n) is 6.40. The lowest BCUT2D eigenvalue weighted by Gasteiger charge is -2.50. The first kappa shape index (κ1) is 19.5. The van der Waals surface area contributed by atoms with E-state index in [0.717, 1.165) is 28.8 Å². The van der Waals surface area contributed by atoms with Gasteiger partial charge in [-0.1, -0.05) is 72.9 Å². The van der Waals surface area contributed by atoms with Crippen LogP contribution in [0.5, 0.6) is 0 Å². The number of anilines is 1. The summed E-state index contributed by atoms with van der Waals surface area (Å²) in [6.07, 6.45) is 0.784. The Balaban J connectivity index is 1.86. The van der Waals surface area contributed by atoms with E-state index in [2.05, 4.69) is 56.4 Å². The van der Waals surface area contributed by atoms with Crippen LogP contribution in [0.25, 0.3) is 5.57 Å². The van der Waals surface area contributed by atoms with E-state index in [-0.39, 0.29) is 17.2 Å². The zero-order valence-corrected chi connectivity index (χ0v) is 19.0. The Morgan fingerprint density at radius 3 is 2.43 bits per heavy atom.